The zero-order chi connectivity index (χ0) is 13.0. The van der Waals surface area contributed by atoms with E-state index in [9.17, 15) is 9.59 Å². The summed E-state index contributed by atoms with van der Waals surface area (Å²) in [5.74, 6) is 0.0499. The first-order chi connectivity index (χ1) is 8.70. The lowest BCUT2D eigenvalue weighted by Gasteiger charge is -2.32. The molecular formula is C13H19NO4. The Morgan fingerprint density at radius 1 is 1.50 bits per heavy atom. The maximum Gasteiger partial charge on any atom is 0.336 e. The third-order valence-corrected chi connectivity index (χ3v) is 3.43. The number of methoxy groups -OCH3 is 1. The van der Waals surface area contributed by atoms with Gasteiger partial charge in [0.25, 0.3) is 0 Å². The van der Waals surface area contributed by atoms with Crippen LogP contribution in [0.5, 0.6) is 0 Å². The van der Waals surface area contributed by atoms with E-state index in [1.807, 2.05) is 0 Å². The second kappa shape index (κ2) is 6.00. The smallest absolute Gasteiger partial charge is 0.336 e. The van der Waals surface area contributed by atoms with Crippen molar-refractivity contribution in [2.24, 2.45) is 5.92 Å². The van der Waals surface area contributed by atoms with Crippen molar-refractivity contribution >= 4 is 11.9 Å². The standard InChI is InChI=1S/C13H19NO4/c1-17-13(16)11-9-14(6-7-18-11)12(15)8-10-4-2-3-5-10/h2,4,10-11H,3,5-9H2,1H3. The van der Waals surface area contributed by atoms with Crippen molar-refractivity contribution in [3.63, 3.8) is 0 Å². The Morgan fingerprint density at radius 2 is 2.33 bits per heavy atom. The summed E-state index contributed by atoms with van der Waals surface area (Å²) in [4.78, 5) is 25.2. The molecule has 1 fully saturated rings. The molecule has 0 radical (unpaired) electrons. The van der Waals surface area contributed by atoms with Crippen molar-refractivity contribution in [3.8, 4) is 0 Å². The zero-order valence-corrected chi connectivity index (χ0v) is 10.6. The third-order valence-electron chi connectivity index (χ3n) is 3.43. The molecule has 1 amide bonds. The molecule has 0 N–H and O–H groups in total. The first-order valence-electron chi connectivity index (χ1n) is 6.34. The Kier molecular flexibility index (Phi) is 4.36. The second-order valence-corrected chi connectivity index (χ2v) is 4.69. The summed E-state index contributed by atoms with van der Waals surface area (Å²) in [6.45, 7) is 1.26. The monoisotopic (exact) mass is 253 g/mol. The number of nitrogens with zero attached hydrogens (tertiary/aromatic N) is 1. The molecule has 2 aliphatic rings. The molecule has 5 nitrogen and oxygen atoms in total. The minimum Gasteiger partial charge on any atom is -0.467 e. The fourth-order valence-electron chi connectivity index (χ4n) is 2.37. The maximum atomic E-state index is 12.1. The van der Waals surface area contributed by atoms with Gasteiger partial charge in [-0.25, -0.2) is 4.79 Å². The Labute approximate surface area is 107 Å². The summed E-state index contributed by atoms with van der Waals surface area (Å²) in [5, 5.41) is 0. The van der Waals surface area contributed by atoms with Crippen LogP contribution in [0.4, 0.5) is 0 Å². The molecule has 0 aromatic carbocycles. The van der Waals surface area contributed by atoms with E-state index in [0.29, 0.717) is 32.0 Å². The quantitative estimate of drug-likeness (QED) is 0.550. The first-order valence-corrected chi connectivity index (χ1v) is 6.34. The van der Waals surface area contributed by atoms with Gasteiger partial charge in [0.05, 0.1) is 20.3 Å². The van der Waals surface area contributed by atoms with Crippen LogP contribution in [0.15, 0.2) is 12.2 Å². The molecule has 0 aromatic rings. The number of carbonyl (C=O) groups excluding carboxylic acids is 2. The predicted molar refractivity (Wildman–Crippen MR) is 64.8 cm³/mol. The van der Waals surface area contributed by atoms with Crippen molar-refractivity contribution in [1.82, 2.24) is 4.90 Å². The molecular weight excluding hydrogens is 234 g/mol. The van der Waals surface area contributed by atoms with Gasteiger partial charge in [-0.2, -0.15) is 0 Å². The Balaban J connectivity index is 1.85. The Hall–Kier alpha value is -1.36. The van der Waals surface area contributed by atoms with E-state index >= 15 is 0 Å². The molecule has 1 saturated heterocycles. The molecule has 100 valence electrons. The molecule has 1 heterocycles. The van der Waals surface area contributed by atoms with Gasteiger partial charge in [0.2, 0.25) is 5.91 Å². The number of allylic oxidation sites excluding steroid dienone is 2. The molecule has 2 unspecified atom stereocenters. The SMILES string of the molecule is COC(=O)C1CN(C(=O)CC2C=CCC2)CCO1. The molecule has 2 atom stereocenters. The maximum absolute atomic E-state index is 12.1. The van der Waals surface area contributed by atoms with Crippen molar-refractivity contribution < 1.29 is 19.1 Å². The van der Waals surface area contributed by atoms with E-state index in [4.69, 9.17) is 4.74 Å². The van der Waals surface area contributed by atoms with Crippen molar-refractivity contribution in [1.29, 1.82) is 0 Å². The largest absolute Gasteiger partial charge is 0.467 e. The van der Waals surface area contributed by atoms with Crippen LogP contribution in [0.1, 0.15) is 19.3 Å². The number of rotatable bonds is 3. The normalized spacial score (nSPS) is 27.3. The van der Waals surface area contributed by atoms with Crippen LogP contribution < -0.4 is 0 Å². The lowest BCUT2D eigenvalue weighted by atomic mass is 10.0. The average Bonchev–Trinajstić information content (AvgIpc) is 2.90. The van der Waals surface area contributed by atoms with Crippen molar-refractivity contribution in [3.05, 3.63) is 12.2 Å². The molecule has 0 bridgehead atoms. The summed E-state index contributed by atoms with van der Waals surface area (Å²) in [6.07, 6.45) is 6.24. The molecule has 5 heteroatoms. The van der Waals surface area contributed by atoms with Crippen LogP contribution >= 0.6 is 0 Å². The highest BCUT2D eigenvalue weighted by Crippen LogP contribution is 2.21. The molecule has 0 spiro atoms. The highest BCUT2D eigenvalue weighted by atomic mass is 16.6. The number of hydrogen-bond acceptors (Lipinski definition) is 4. The molecule has 0 aromatic heterocycles. The third kappa shape index (κ3) is 3.10. The van der Waals surface area contributed by atoms with E-state index in [1.54, 1.807) is 4.90 Å². The van der Waals surface area contributed by atoms with Crippen LogP contribution in [0, 0.1) is 5.92 Å². The summed E-state index contributed by atoms with van der Waals surface area (Å²) >= 11 is 0. The van der Waals surface area contributed by atoms with Gasteiger partial charge in [0.1, 0.15) is 0 Å². The number of carbonyl (C=O) groups is 2. The van der Waals surface area contributed by atoms with Gasteiger partial charge in [-0.05, 0) is 18.8 Å². The molecule has 1 aliphatic carbocycles. The molecule has 0 saturated carbocycles. The summed E-state index contributed by atoms with van der Waals surface area (Å²) < 4.78 is 9.94. The number of amides is 1. The Bertz CT molecular complexity index is 353. The highest BCUT2D eigenvalue weighted by Gasteiger charge is 2.30. The summed E-state index contributed by atoms with van der Waals surface area (Å²) in [5.41, 5.74) is 0. The van der Waals surface area contributed by atoms with Gasteiger partial charge in [-0.3, -0.25) is 4.79 Å². The van der Waals surface area contributed by atoms with Crippen LogP contribution in [-0.2, 0) is 19.1 Å². The molecule has 1 aliphatic heterocycles. The fourth-order valence-corrected chi connectivity index (χ4v) is 2.37. The number of ether oxygens (including phenoxy) is 2. The number of esters is 1. The highest BCUT2D eigenvalue weighted by molar-refractivity contribution is 5.79. The van der Waals surface area contributed by atoms with E-state index in [2.05, 4.69) is 16.9 Å². The lowest BCUT2D eigenvalue weighted by Crippen LogP contribution is -2.49. The van der Waals surface area contributed by atoms with Gasteiger partial charge >= 0.3 is 5.97 Å². The predicted octanol–water partition coefficient (Wildman–Crippen LogP) is 0.743. The van der Waals surface area contributed by atoms with E-state index < -0.39 is 12.1 Å². The lowest BCUT2D eigenvalue weighted by molar-refractivity contribution is -0.162. The fraction of sp³-hybridized carbons (Fsp3) is 0.692. The minimum absolute atomic E-state index is 0.101. The molecule has 18 heavy (non-hydrogen) atoms. The number of hydrogen-bond donors (Lipinski definition) is 0. The topological polar surface area (TPSA) is 55.8 Å². The van der Waals surface area contributed by atoms with Gasteiger partial charge in [0, 0.05) is 13.0 Å². The van der Waals surface area contributed by atoms with Gasteiger partial charge in [-0.15, -0.1) is 0 Å². The average molecular weight is 253 g/mol. The van der Waals surface area contributed by atoms with Crippen LogP contribution in [0.25, 0.3) is 0 Å². The van der Waals surface area contributed by atoms with Crippen molar-refractivity contribution in [2.45, 2.75) is 25.4 Å². The van der Waals surface area contributed by atoms with Crippen molar-refractivity contribution in [2.75, 3.05) is 26.8 Å². The first kappa shape index (κ1) is 13.1. The Morgan fingerprint density at radius 3 is 3.00 bits per heavy atom. The van der Waals surface area contributed by atoms with Gasteiger partial charge in [0.15, 0.2) is 6.10 Å². The van der Waals surface area contributed by atoms with E-state index in [-0.39, 0.29) is 5.91 Å². The van der Waals surface area contributed by atoms with Gasteiger partial charge in [-0.1, -0.05) is 12.2 Å². The van der Waals surface area contributed by atoms with E-state index in [1.165, 1.54) is 7.11 Å². The number of morpholine rings is 1. The second-order valence-electron chi connectivity index (χ2n) is 4.69. The van der Waals surface area contributed by atoms with Gasteiger partial charge < -0.3 is 14.4 Å². The minimum atomic E-state index is -0.633. The zero-order valence-electron chi connectivity index (χ0n) is 10.6. The van der Waals surface area contributed by atoms with Crippen LogP contribution in [-0.4, -0.2) is 49.7 Å². The summed E-state index contributed by atoms with van der Waals surface area (Å²) in [7, 11) is 1.33. The summed E-state index contributed by atoms with van der Waals surface area (Å²) in [6, 6.07) is 0. The van der Waals surface area contributed by atoms with E-state index in [0.717, 1.165) is 12.8 Å². The van der Waals surface area contributed by atoms with Crippen LogP contribution in [0.3, 0.4) is 0 Å². The molecule has 2 rings (SSSR count). The van der Waals surface area contributed by atoms with Crippen LogP contribution in [0.2, 0.25) is 0 Å².